The van der Waals surface area contributed by atoms with Crippen molar-refractivity contribution in [3.05, 3.63) is 28.2 Å². The number of fused-ring (bicyclic) bond motifs is 1. The van der Waals surface area contributed by atoms with E-state index < -0.39 is 0 Å². The van der Waals surface area contributed by atoms with Crippen LogP contribution in [0.25, 0.3) is 0 Å². The lowest BCUT2D eigenvalue weighted by atomic mass is 10.0. The number of benzene rings is 1. The van der Waals surface area contributed by atoms with Crippen molar-refractivity contribution in [3.8, 4) is 0 Å². The minimum absolute atomic E-state index is 0.0458. The van der Waals surface area contributed by atoms with Crippen LogP contribution in [0.2, 0.25) is 0 Å². The number of rotatable bonds is 5. The van der Waals surface area contributed by atoms with Crippen molar-refractivity contribution in [1.29, 1.82) is 0 Å². The zero-order valence-corrected chi connectivity index (χ0v) is 13.3. The summed E-state index contributed by atoms with van der Waals surface area (Å²) in [6.07, 6.45) is 2.26. The summed E-state index contributed by atoms with van der Waals surface area (Å²) in [4.78, 5) is 12.0. The number of nitrogens with one attached hydrogen (secondary N) is 2. The Bertz CT molecular complexity index is 473. The highest BCUT2D eigenvalue weighted by molar-refractivity contribution is 9.10. The van der Waals surface area contributed by atoms with Gasteiger partial charge >= 0.3 is 0 Å². The largest absolute Gasteiger partial charge is 0.324 e. The molecule has 3 nitrogen and oxygen atoms in total. The monoisotopic (exact) mass is 324 g/mol. The number of halogens is 1. The van der Waals surface area contributed by atoms with Crippen LogP contribution >= 0.6 is 15.9 Å². The Morgan fingerprint density at radius 3 is 2.74 bits per heavy atom. The summed E-state index contributed by atoms with van der Waals surface area (Å²) < 4.78 is 1.00. The highest BCUT2D eigenvalue weighted by Crippen LogP contribution is 2.33. The van der Waals surface area contributed by atoms with Gasteiger partial charge in [0.25, 0.3) is 0 Å². The van der Waals surface area contributed by atoms with Crippen LogP contribution in [-0.4, -0.2) is 11.9 Å². The van der Waals surface area contributed by atoms with E-state index in [1.165, 1.54) is 6.42 Å². The molecule has 1 aromatic carbocycles. The zero-order chi connectivity index (χ0) is 14.0. The molecule has 104 valence electrons. The molecule has 1 amide bonds. The molecule has 2 atom stereocenters. The first-order chi connectivity index (χ1) is 8.97. The molecule has 4 heteroatoms. The number of anilines is 1. The van der Waals surface area contributed by atoms with Crippen molar-refractivity contribution < 1.29 is 4.79 Å². The van der Waals surface area contributed by atoms with Gasteiger partial charge in [0, 0.05) is 21.8 Å². The van der Waals surface area contributed by atoms with E-state index in [9.17, 15) is 4.79 Å². The molecule has 0 aliphatic carbocycles. The van der Waals surface area contributed by atoms with Crippen LogP contribution in [-0.2, 0) is 4.79 Å². The molecule has 2 rings (SSSR count). The molecular weight excluding hydrogens is 304 g/mol. The smallest absolute Gasteiger partial charge is 0.246 e. The van der Waals surface area contributed by atoms with E-state index in [1.807, 2.05) is 18.2 Å². The predicted octanol–water partition coefficient (Wildman–Crippen LogP) is 3.86. The third kappa shape index (κ3) is 3.57. The Morgan fingerprint density at radius 1 is 1.32 bits per heavy atom. The van der Waals surface area contributed by atoms with E-state index in [0.29, 0.717) is 12.0 Å². The van der Waals surface area contributed by atoms with Crippen LogP contribution in [0.15, 0.2) is 22.7 Å². The van der Waals surface area contributed by atoms with E-state index in [2.05, 4.69) is 47.3 Å². The molecule has 2 unspecified atom stereocenters. The second kappa shape index (κ2) is 6.06. The lowest BCUT2D eigenvalue weighted by Gasteiger charge is -2.19. The molecule has 19 heavy (non-hydrogen) atoms. The van der Waals surface area contributed by atoms with Crippen molar-refractivity contribution in [2.24, 2.45) is 5.92 Å². The summed E-state index contributed by atoms with van der Waals surface area (Å²) in [5.74, 6) is 0.743. The fourth-order valence-electron chi connectivity index (χ4n) is 2.35. The minimum atomic E-state index is -0.227. The zero-order valence-electron chi connectivity index (χ0n) is 11.7. The first-order valence-corrected chi connectivity index (χ1v) is 7.63. The maximum Gasteiger partial charge on any atom is 0.246 e. The average Bonchev–Trinajstić information content (AvgIpc) is 2.63. The molecule has 0 saturated carbocycles. The molecule has 2 N–H and O–H groups in total. The first-order valence-electron chi connectivity index (χ1n) is 6.83. The van der Waals surface area contributed by atoms with Crippen molar-refractivity contribution in [2.45, 2.75) is 45.7 Å². The highest BCUT2D eigenvalue weighted by Gasteiger charge is 2.31. The van der Waals surface area contributed by atoms with Gasteiger partial charge in [-0.05, 0) is 43.9 Å². The van der Waals surface area contributed by atoms with Crippen LogP contribution in [0, 0.1) is 5.92 Å². The molecule has 0 fully saturated rings. The van der Waals surface area contributed by atoms with Crippen LogP contribution in [0.4, 0.5) is 5.69 Å². The molecule has 0 saturated heterocycles. The van der Waals surface area contributed by atoms with Gasteiger partial charge in [0.1, 0.15) is 6.04 Å². The summed E-state index contributed by atoms with van der Waals surface area (Å²) in [5, 5.41) is 6.36. The van der Waals surface area contributed by atoms with Gasteiger partial charge in [0.15, 0.2) is 0 Å². The number of amides is 1. The summed E-state index contributed by atoms with van der Waals surface area (Å²) in [7, 11) is 0. The summed E-state index contributed by atoms with van der Waals surface area (Å²) in [6, 6.07) is 6.01. The lowest BCUT2D eigenvalue weighted by molar-refractivity contribution is -0.117. The third-order valence-electron chi connectivity index (χ3n) is 3.47. The fourth-order valence-corrected chi connectivity index (χ4v) is 2.73. The molecule has 1 heterocycles. The quantitative estimate of drug-likeness (QED) is 0.863. The molecular formula is C15H21BrN2O. The van der Waals surface area contributed by atoms with Gasteiger partial charge in [-0.15, -0.1) is 0 Å². The van der Waals surface area contributed by atoms with E-state index in [0.717, 1.165) is 22.1 Å². The van der Waals surface area contributed by atoms with Crippen LogP contribution in [0.3, 0.4) is 0 Å². The maximum absolute atomic E-state index is 12.0. The van der Waals surface area contributed by atoms with Gasteiger partial charge in [0.05, 0.1) is 0 Å². The summed E-state index contributed by atoms with van der Waals surface area (Å²) >= 11 is 3.46. The molecule has 1 aromatic rings. The Kier molecular flexibility index (Phi) is 4.63. The Labute approximate surface area is 123 Å². The van der Waals surface area contributed by atoms with E-state index in [-0.39, 0.29) is 11.9 Å². The second-order valence-corrected chi connectivity index (χ2v) is 6.61. The highest BCUT2D eigenvalue weighted by atomic mass is 79.9. The van der Waals surface area contributed by atoms with Crippen LogP contribution in [0.5, 0.6) is 0 Å². The normalized spacial score (nSPS) is 19.4. The standard InChI is InChI=1S/C15H21BrN2O/c1-9(2)4-5-10(3)17-14-12-8-11(16)6-7-13(12)18-15(14)19/h6-10,14,17H,4-5H2,1-3H3,(H,18,19). The molecule has 0 spiro atoms. The predicted molar refractivity (Wildman–Crippen MR) is 82.2 cm³/mol. The molecule has 1 aliphatic rings. The van der Waals surface area contributed by atoms with Gasteiger partial charge in [-0.1, -0.05) is 29.8 Å². The van der Waals surface area contributed by atoms with Gasteiger partial charge in [-0.3, -0.25) is 10.1 Å². The maximum atomic E-state index is 12.0. The number of carbonyl (C=O) groups excluding carboxylic acids is 1. The summed E-state index contributed by atoms with van der Waals surface area (Å²) in [5.41, 5.74) is 1.96. The fraction of sp³-hybridized carbons (Fsp3) is 0.533. The number of hydrogen-bond acceptors (Lipinski definition) is 2. The van der Waals surface area contributed by atoms with E-state index >= 15 is 0 Å². The number of carbonyl (C=O) groups is 1. The minimum Gasteiger partial charge on any atom is -0.324 e. The van der Waals surface area contributed by atoms with E-state index in [4.69, 9.17) is 0 Å². The van der Waals surface area contributed by atoms with Crippen molar-refractivity contribution >= 4 is 27.5 Å². The van der Waals surface area contributed by atoms with Crippen LogP contribution in [0.1, 0.15) is 45.2 Å². The molecule has 0 bridgehead atoms. The SMILES string of the molecule is CC(C)CCC(C)NC1C(=O)Nc2ccc(Br)cc21. The van der Waals surface area contributed by atoms with Crippen LogP contribution < -0.4 is 10.6 Å². The molecule has 0 radical (unpaired) electrons. The first kappa shape index (κ1) is 14.5. The topological polar surface area (TPSA) is 41.1 Å². The Balaban J connectivity index is 2.05. The lowest BCUT2D eigenvalue weighted by Crippen LogP contribution is -2.34. The van der Waals surface area contributed by atoms with Gasteiger partial charge in [-0.2, -0.15) is 0 Å². The van der Waals surface area contributed by atoms with E-state index in [1.54, 1.807) is 0 Å². The second-order valence-electron chi connectivity index (χ2n) is 5.69. The Morgan fingerprint density at radius 2 is 2.05 bits per heavy atom. The summed E-state index contributed by atoms with van der Waals surface area (Å²) in [6.45, 7) is 6.59. The van der Waals surface area contributed by atoms with Crippen molar-refractivity contribution in [2.75, 3.05) is 5.32 Å². The average molecular weight is 325 g/mol. The third-order valence-corrected chi connectivity index (χ3v) is 3.97. The molecule has 0 aromatic heterocycles. The Hall–Kier alpha value is -0.870. The van der Waals surface area contributed by atoms with Gasteiger partial charge < -0.3 is 5.32 Å². The van der Waals surface area contributed by atoms with Gasteiger partial charge in [0.2, 0.25) is 5.91 Å². The number of hydrogen-bond donors (Lipinski definition) is 2. The van der Waals surface area contributed by atoms with Gasteiger partial charge in [-0.25, -0.2) is 0 Å². The molecule has 1 aliphatic heterocycles. The van der Waals surface area contributed by atoms with Crippen molar-refractivity contribution in [3.63, 3.8) is 0 Å². The van der Waals surface area contributed by atoms with Crippen molar-refractivity contribution in [1.82, 2.24) is 5.32 Å².